The van der Waals surface area contributed by atoms with Gasteiger partial charge in [0.2, 0.25) is 5.91 Å². The average Bonchev–Trinajstić information content (AvgIpc) is 2.65. The van der Waals surface area contributed by atoms with Crippen LogP contribution in [0, 0.1) is 13.8 Å². The molecule has 0 saturated heterocycles. The van der Waals surface area contributed by atoms with E-state index in [4.69, 9.17) is 5.73 Å². The largest absolute Gasteiger partial charge is 0.316 e. The van der Waals surface area contributed by atoms with E-state index in [1.165, 1.54) is 0 Å². The average molecular weight is 266 g/mol. The van der Waals surface area contributed by atoms with E-state index in [0.29, 0.717) is 6.54 Å². The van der Waals surface area contributed by atoms with Crippen molar-refractivity contribution in [1.82, 2.24) is 0 Å². The summed E-state index contributed by atoms with van der Waals surface area (Å²) in [5.41, 5.74) is 11.4. The molecular formula is C17H18N2O. The van der Waals surface area contributed by atoms with Crippen molar-refractivity contribution in [2.75, 3.05) is 4.90 Å². The third-order valence-corrected chi connectivity index (χ3v) is 3.79. The Morgan fingerprint density at radius 3 is 2.55 bits per heavy atom. The first-order valence-corrected chi connectivity index (χ1v) is 6.80. The fourth-order valence-corrected chi connectivity index (χ4v) is 2.93. The van der Waals surface area contributed by atoms with Crippen LogP contribution in [0.25, 0.3) is 0 Å². The van der Waals surface area contributed by atoms with Gasteiger partial charge in [0, 0.05) is 5.56 Å². The monoisotopic (exact) mass is 266 g/mol. The van der Waals surface area contributed by atoms with Gasteiger partial charge in [-0.05, 0) is 25.0 Å². The molecule has 1 aliphatic heterocycles. The van der Waals surface area contributed by atoms with Crippen LogP contribution in [0.15, 0.2) is 42.5 Å². The summed E-state index contributed by atoms with van der Waals surface area (Å²) >= 11 is 0. The number of amides is 1. The van der Waals surface area contributed by atoms with Gasteiger partial charge in [0.25, 0.3) is 0 Å². The van der Waals surface area contributed by atoms with Gasteiger partial charge in [0.15, 0.2) is 0 Å². The fourth-order valence-electron chi connectivity index (χ4n) is 2.93. The van der Waals surface area contributed by atoms with Gasteiger partial charge in [-0.2, -0.15) is 0 Å². The Hall–Kier alpha value is -2.13. The summed E-state index contributed by atoms with van der Waals surface area (Å²) in [6, 6.07) is 13.6. The number of nitrogens with zero attached hydrogens (tertiary/aromatic N) is 1. The number of anilines is 1. The van der Waals surface area contributed by atoms with Crippen molar-refractivity contribution in [2.24, 2.45) is 5.73 Å². The normalized spacial score (nSPS) is 17.4. The van der Waals surface area contributed by atoms with Crippen LogP contribution in [0.3, 0.4) is 0 Å². The van der Waals surface area contributed by atoms with Crippen molar-refractivity contribution in [3.8, 4) is 0 Å². The zero-order valence-corrected chi connectivity index (χ0v) is 11.8. The number of rotatable bonds is 2. The van der Waals surface area contributed by atoms with E-state index < -0.39 is 6.04 Å². The van der Waals surface area contributed by atoms with Gasteiger partial charge in [-0.25, -0.2) is 0 Å². The van der Waals surface area contributed by atoms with E-state index in [0.717, 1.165) is 27.9 Å². The van der Waals surface area contributed by atoms with Crippen LogP contribution in [0.1, 0.15) is 28.3 Å². The quantitative estimate of drug-likeness (QED) is 0.908. The Morgan fingerprint density at radius 2 is 1.85 bits per heavy atom. The zero-order chi connectivity index (χ0) is 14.3. The summed E-state index contributed by atoms with van der Waals surface area (Å²) in [5, 5.41) is 0. The Morgan fingerprint density at radius 1 is 1.15 bits per heavy atom. The molecule has 1 aliphatic rings. The molecule has 2 aromatic rings. The van der Waals surface area contributed by atoms with E-state index in [9.17, 15) is 4.79 Å². The first kappa shape index (κ1) is 12.9. The van der Waals surface area contributed by atoms with Crippen LogP contribution in [0.2, 0.25) is 0 Å². The van der Waals surface area contributed by atoms with E-state index in [-0.39, 0.29) is 5.91 Å². The molecule has 0 aromatic heterocycles. The molecule has 0 aliphatic carbocycles. The lowest BCUT2D eigenvalue weighted by Crippen LogP contribution is -2.31. The number of nitrogens with two attached hydrogens (primary N) is 1. The second-order valence-electron chi connectivity index (χ2n) is 5.41. The van der Waals surface area contributed by atoms with Crippen LogP contribution in [-0.2, 0) is 11.3 Å². The number of benzene rings is 2. The van der Waals surface area contributed by atoms with Gasteiger partial charge in [-0.1, -0.05) is 48.0 Å². The summed E-state index contributed by atoms with van der Waals surface area (Å²) < 4.78 is 0. The lowest BCUT2D eigenvalue weighted by Gasteiger charge is -2.19. The number of hydrogen-bond donors (Lipinski definition) is 1. The van der Waals surface area contributed by atoms with Crippen molar-refractivity contribution >= 4 is 11.6 Å². The molecule has 0 fully saturated rings. The maximum atomic E-state index is 12.4. The molecule has 2 N–H and O–H groups in total. The van der Waals surface area contributed by atoms with Crippen LogP contribution < -0.4 is 10.6 Å². The van der Waals surface area contributed by atoms with Gasteiger partial charge in [0.05, 0.1) is 12.2 Å². The van der Waals surface area contributed by atoms with E-state index in [1.54, 1.807) is 0 Å². The van der Waals surface area contributed by atoms with Gasteiger partial charge in [0.1, 0.15) is 6.04 Å². The second kappa shape index (κ2) is 4.76. The van der Waals surface area contributed by atoms with Crippen molar-refractivity contribution in [1.29, 1.82) is 0 Å². The van der Waals surface area contributed by atoms with Crippen LogP contribution in [-0.4, -0.2) is 5.91 Å². The van der Waals surface area contributed by atoms with E-state index in [1.807, 2.05) is 55.1 Å². The first-order valence-electron chi connectivity index (χ1n) is 6.80. The third kappa shape index (κ3) is 2.00. The highest BCUT2D eigenvalue weighted by molar-refractivity contribution is 6.05. The highest BCUT2D eigenvalue weighted by atomic mass is 16.2. The maximum Gasteiger partial charge on any atom is 0.248 e. The zero-order valence-electron chi connectivity index (χ0n) is 11.8. The fraction of sp³-hybridized carbons (Fsp3) is 0.235. The Kier molecular flexibility index (Phi) is 3.07. The Balaban J connectivity index is 2.04. The van der Waals surface area contributed by atoms with Crippen molar-refractivity contribution in [3.63, 3.8) is 0 Å². The van der Waals surface area contributed by atoms with E-state index in [2.05, 4.69) is 6.07 Å². The molecule has 1 heterocycles. The first-order chi connectivity index (χ1) is 9.58. The molecule has 102 valence electrons. The predicted octanol–water partition coefficient (Wildman–Crippen LogP) is 2.85. The van der Waals surface area contributed by atoms with Crippen molar-refractivity contribution in [3.05, 3.63) is 64.7 Å². The molecule has 0 radical (unpaired) electrons. The lowest BCUT2D eigenvalue weighted by molar-refractivity contribution is -0.119. The number of carbonyl (C=O) groups is 1. The maximum absolute atomic E-state index is 12.4. The minimum atomic E-state index is -0.535. The molecule has 3 nitrogen and oxygen atoms in total. The van der Waals surface area contributed by atoms with Crippen LogP contribution >= 0.6 is 0 Å². The second-order valence-corrected chi connectivity index (χ2v) is 5.41. The highest BCUT2D eigenvalue weighted by Gasteiger charge is 2.35. The number of aryl methyl sites for hydroxylation is 2. The SMILES string of the molecule is Cc1cc(C)c2c(c1)C(N)C(=O)N2Cc1ccccc1. The topological polar surface area (TPSA) is 46.3 Å². The minimum absolute atomic E-state index is 0.0162. The summed E-state index contributed by atoms with van der Waals surface area (Å²) in [4.78, 5) is 14.2. The molecule has 1 unspecified atom stereocenters. The molecule has 1 atom stereocenters. The third-order valence-electron chi connectivity index (χ3n) is 3.79. The Labute approximate surface area is 119 Å². The van der Waals surface area contributed by atoms with Gasteiger partial charge >= 0.3 is 0 Å². The minimum Gasteiger partial charge on any atom is -0.316 e. The summed E-state index contributed by atoms with van der Waals surface area (Å²) in [5.74, 6) is -0.0162. The highest BCUT2D eigenvalue weighted by Crippen LogP contribution is 2.38. The summed E-state index contributed by atoms with van der Waals surface area (Å²) in [6.07, 6.45) is 0. The molecule has 1 amide bonds. The Bertz CT molecular complexity index is 664. The molecule has 20 heavy (non-hydrogen) atoms. The summed E-state index contributed by atoms with van der Waals surface area (Å²) in [6.45, 7) is 4.64. The lowest BCUT2D eigenvalue weighted by atomic mass is 10.0. The van der Waals surface area contributed by atoms with Gasteiger partial charge < -0.3 is 10.6 Å². The van der Waals surface area contributed by atoms with Crippen LogP contribution in [0.5, 0.6) is 0 Å². The van der Waals surface area contributed by atoms with Crippen LogP contribution in [0.4, 0.5) is 5.69 Å². The number of hydrogen-bond acceptors (Lipinski definition) is 2. The van der Waals surface area contributed by atoms with Crippen molar-refractivity contribution < 1.29 is 4.79 Å². The van der Waals surface area contributed by atoms with Crippen molar-refractivity contribution in [2.45, 2.75) is 26.4 Å². The number of fused-ring (bicyclic) bond motifs is 1. The molecule has 2 aromatic carbocycles. The molecule has 0 spiro atoms. The summed E-state index contributed by atoms with van der Waals surface area (Å²) in [7, 11) is 0. The molecule has 3 rings (SSSR count). The molecule has 0 saturated carbocycles. The standard InChI is InChI=1S/C17H18N2O/c1-11-8-12(2)16-14(9-11)15(18)17(20)19(16)10-13-6-4-3-5-7-13/h3-9,15H,10,18H2,1-2H3. The van der Waals surface area contributed by atoms with Gasteiger partial charge in [-0.15, -0.1) is 0 Å². The molecule has 3 heteroatoms. The molecule has 0 bridgehead atoms. The number of carbonyl (C=O) groups excluding carboxylic acids is 1. The van der Waals surface area contributed by atoms with E-state index >= 15 is 0 Å². The van der Waals surface area contributed by atoms with Gasteiger partial charge in [-0.3, -0.25) is 4.79 Å². The molecular weight excluding hydrogens is 248 g/mol. The predicted molar refractivity (Wildman–Crippen MR) is 80.5 cm³/mol. The smallest absolute Gasteiger partial charge is 0.248 e.